The number of carbonyl (C=O) groups is 4. The number of aliphatic hydroxyl groups is 2. The van der Waals surface area contributed by atoms with Gasteiger partial charge in [-0.3, -0.25) is 14.4 Å². The van der Waals surface area contributed by atoms with Gasteiger partial charge in [-0.05, 0) is 38.8 Å². The average Bonchev–Trinajstić information content (AvgIpc) is 2.96. The third kappa shape index (κ3) is 4.59. The zero-order valence-corrected chi connectivity index (χ0v) is 28.2. The molecule has 2 N–H and O–H groups in total. The van der Waals surface area contributed by atoms with E-state index in [2.05, 4.69) is 0 Å². The maximum absolute atomic E-state index is 15.3. The molecule has 3 aliphatic carbocycles. The summed E-state index contributed by atoms with van der Waals surface area (Å²) in [5.74, 6) is -4.03. The number of hydrogen-bond donors (Lipinski definition) is 2. The van der Waals surface area contributed by atoms with E-state index in [9.17, 15) is 24.6 Å². The Bertz CT molecular complexity index is 1390. The molecule has 0 aromatic heterocycles. The molecule has 4 aliphatic rings. The van der Waals surface area contributed by atoms with Crippen LogP contribution in [0.3, 0.4) is 0 Å². The number of ketones is 1. The van der Waals surface area contributed by atoms with Crippen molar-refractivity contribution in [2.24, 2.45) is 28.1 Å². The predicted octanol–water partition coefficient (Wildman–Crippen LogP) is 3.41. The van der Waals surface area contributed by atoms with E-state index in [1.807, 2.05) is 20.8 Å². The molecule has 1 aromatic rings. The van der Waals surface area contributed by atoms with Crippen LogP contribution in [0.4, 0.5) is 0 Å². The minimum absolute atomic E-state index is 0.0347. The van der Waals surface area contributed by atoms with Gasteiger partial charge in [-0.15, -0.1) is 0 Å². The van der Waals surface area contributed by atoms with Crippen molar-refractivity contribution in [2.45, 2.75) is 123 Å². The molecule has 11 unspecified atom stereocenters. The molecule has 11 heteroatoms. The van der Waals surface area contributed by atoms with Gasteiger partial charge in [0.1, 0.15) is 17.8 Å². The molecule has 11 nitrogen and oxygen atoms in total. The minimum atomic E-state index is -1.98. The number of hydrogen-bond acceptors (Lipinski definition) is 11. The Morgan fingerprint density at radius 3 is 2.15 bits per heavy atom. The standard InChI is InChI=1S/C35H48O11/c1-18(2)43-23-16-34(41)30(45-29(40)22-13-11-10-12-14-22)33(9)32(8,24(38)15-25-35(33,17-42-25)46-21(5)37)28(39)27(44-20(4)36)26(19(23)3)31(34,6)7/h10-14,18-19,23-27,30,38,41H,15-17H2,1-9H3. The second kappa shape index (κ2) is 11.4. The Kier molecular flexibility index (Phi) is 8.53. The van der Waals surface area contributed by atoms with Crippen LogP contribution in [0.5, 0.6) is 0 Å². The molecule has 46 heavy (non-hydrogen) atoms. The zero-order chi connectivity index (χ0) is 34.2. The molecule has 1 heterocycles. The SMILES string of the molecule is CC(=O)OC1C(=O)C2(C)C(O)CC3OCC3(OC(C)=O)C2(C)C(OC(=O)c2ccccc2)C2(O)CC(OC(C)C)C(C)C1C2(C)C. The lowest BCUT2D eigenvalue weighted by molar-refractivity contribution is -0.389. The molecule has 11 atom stereocenters. The first-order valence-electron chi connectivity index (χ1n) is 16.1. The average molecular weight is 645 g/mol. The summed E-state index contributed by atoms with van der Waals surface area (Å²) in [5, 5.41) is 25.4. The number of carbonyl (C=O) groups excluding carboxylic acids is 4. The topological polar surface area (TPSA) is 155 Å². The zero-order valence-electron chi connectivity index (χ0n) is 28.2. The molecule has 1 aliphatic heterocycles. The molecule has 2 bridgehead atoms. The van der Waals surface area contributed by atoms with Gasteiger partial charge in [-0.1, -0.05) is 45.9 Å². The van der Waals surface area contributed by atoms with E-state index in [0.717, 1.165) is 0 Å². The van der Waals surface area contributed by atoms with Crippen LogP contribution in [0.2, 0.25) is 0 Å². The van der Waals surface area contributed by atoms with E-state index < -0.39 is 93.5 Å². The number of ether oxygens (including phenoxy) is 5. The van der Waals surface area contributed by atoms with Crippen LogP contribution in [-0.2, 0) is 38.1 Å². The minimum Gasteiger partial charge on any atom is -0.455 e. The van der Waals surface area contributed by atoms with Crippen molar-refractivity contribution in [3.05, 3.63) is 35.9 Å². The Morgan fingerprint density at radius 2 is 1.63 bits per heavy atom. The van der Waals surface area contributed by atoms with Gasteiger partial charge in [-0.25, -0.2) is 4.79 Å². The number of rotatable bonds is 6. The van der Waals surface area contributed by atoms with Gasteiger partial charge in [0, 0.05) is 38.0 Å². The summed E-state index contributed by atoms with van der Waals surface area (Å²) in [6, 6.07) is 8.26. The normalized spacial score (nSPS) is 42.8. The summed E-state index contributed by atoms with van der Waals surface area (Å²) in [6.07, 6.45) is -6.33. The van der Waals surface area contributed by atoms with E-state index in [4.69, 9.17) is 23.7 Å². The van der Waals surface area contributed by atoms with E-state index in [1.165, 1.54) is 20.8 Å². The highest BCUT2D eigenvalue weighted by Gasteiger charge is 2.84. The van der Waals surface area contributed by atoms with Gasteiger partial charge in [0.25, 0.3) is 0 Å². The van der Waals surface area contributed by atoms with Gasteiger partial charge < -0.3 is 33.9 Å². The van der Waals surface area contributed by atoms with Crippen molar-refractivity contribution in [1.29, 1.82) is 0 Å². The summed E-state index contributed by atoms with van der Waals surface area (Å²) in [4.78, 5) is 54.9. The van der Waals surface area contributed by atoms with Gasteiger partial charge in [-0.2, -0.15) is 0 Å². The number of Topliss-reactive ketones (excluding diaryl/α,β-unsaturated/α-hetero) is 1. The van der Waals surface area contributed by atoms with E-state index in [1.54, 1.807) is 51.1 Å². The van der Waals surface area contributed by atoms with Crippen molar-refractivity contribution in [2.75, 3.05) is 6.61 Å². The van der Waals surface area contributed by atoms with Crippen LogP contribution in [0.15, 0.2) is 30.3 Å². The van der Waals surface area contributed by atoms with Crippen LogP contribution in [-0.4, -0.2) is 88.3 Å². The lowest BCUT2D eigenvalue weighted by Crippen LogP contribution is -2.87. The monoisotopic (exact) mass is 644 g/mol. The Balaban J connectivity index is 1.88. The first-order valence-corrected chi connectivity index (χ1v) is 16.1. The first-order chi connectivity index (χ1) is 21.3. The molecular formula is C35H48O11. The molecule has 0 spiro atoms. The van der Waals surface area contributed by atoms with E-state index >= 15 is 4.79 Å². The molecular weight excluding hydrogens is 596 g/mol. The summed E-state index contributed by atoms with van der Waals surface area (Å²) >= 11 is 0. The number of aliphatic hydroxyl groups excluding tert-OH is 1. The molecule has 1 aromatic carbocycles. The fraction of sp³-hybridized carbons (Fsp3) is 0.714. The molecule has 1 saturated heterocycles. The molecule has 0 radical (unpaired) electrons. The van der Waals surface area contributed by atoms with Crippen molar-refractivity contribution in [1.82, 2.24) is 0 Å². The molecule has 4 fully saturated rings. The van der Waals surface area contributed by atoms with Gasteiger partial charge in [0.05, 0.1) is 41.3 Å². The fourth-order valence-corrected chi connectivity index (χ4v) is 9.45. The second-order valence-corrected chi connectivity index (χ2v) is 14.9. The lowest BCUT2D eigenvalue weighted by atomic mass is 9.37. The first kappa shape index (κ1) is 34.5. The van der Waals surface area contributed by atoms with Crippen molar-refractivity contribution < 1.29 is 53.1 Å². The summed E-state index contributed by atoms with van der Waals surface area (Å²) in [7, 11) is 0. The number of benzene rings is 1. The Hall–Kier alpha value is -2.86. The smallest absolute Gasteiger partial charge is 0.338 e. The van der Waals surface area contributed by atoms with Crippen LogP contribution >= 0.6 is 0 Å². The highest BCUT2D eigenvalue weighted by atomic mass is 16.6. The third-order valence-electron chi connectivity index (χ3n) is 12.0. The van der Waals surface area contributed by atoms with E-state index in [-0.39, 0.29) is 31.1 Å². The molecule has 254 valence electrons. The summed E-state index contributed by atoms with van der Waals surface area (Å²) in [5.41, 5.74) is -8.35. The van der Waals surface area contributed by atoms with Crippen LogP contribution in [0.1, 0.15) is 85.5 Å². The summed E-state index contributed by atoms with van der Waals surface area (Å²) < 4.78 is 30.8. The van der Waals surface area contributed by atoms with Gasteiger partial charge in [0.2, 0.25) is 0 Å². The van der Waals surface area contributed by atoms with Crippen molar-refractivity contribution >= 4 is 23.7 Å². The molecule has 0 amide bonds. The fourth-order valence-electron chi connectivity index (χ4n) is 9.45. The van der Waals surface area contributed by atoms with E-state index in [0.29, 0.717) is 0 Å². The van der Waals surface area contributed by atoms with Crippen LogP contribution in [0, 0.1) is 28.1 Å². The second-order valence-electron chi connectivity index (χ2n) is 14.9. The van der Waals surface area contributed by atoms with Crippen LogP contribution in [0.25, 0.3) is 0 Å². The third-order valence-corrected chi connectivity index (χ3v) is 12.0. The Morgan fingerprint density at radius 1 is 1.00 bits per heavy atom. The summed E-state index contributed by atoms with van der Waals surface area (Å²) in [6.45, 7) is 14.6. The highest BCUT2D eigenvalue weighted by Crippen LogP contribution is 2.70. The highest BCUT2D eigenvalue weighted by molar-refractivity contribution is 5.94. The number of esters is 3. The maximum atomic E-state index is 15.3. The largest absolute Gasteiger partial charge is 0.455 e. The lowest BCUT2D eigenvalue weighted by Gasteiger charge is -2.73. The molecule has 3 saturated carbocycles. The van der Waals surface area contributed by atoms with Crippen molar-refractivity contribution in [3.8, 4) is 0 Å². The Labute approximate surface area is 270 Å². The molecule has 5 rings (SSSR count). The predicted molar refractivity (Wildman–Crippen MR) is 163 cm³/mol. The quantitative estimate of drug-likeness (QED) is 0.346. The van der Waals surface area contributed by atoms with Crippen LogP contribution < -0.4 is 0 Å². The van der Waals surface area contributed by atoms with Crippen molar-refractivity contribution in [3.63, 3.8) is 0 Å². The van der Waals surface area contributed by atoms with Gasteiger partial charge in [0.15, 0.2) is 17.5 Å². The van der Waals surface area contributed by atoms with Gasteiger partial charge >= 0.3 is 17.9 Å². The maximum Gasteiger partial charge on any atom is 0.338 e. The number of fused-ring (bicyclic) bond motifs is 5.